The zero-order valence-electron chi connectivity index (χ0n) is 13.2. The number of aromatic nitrogens is 1. The monoisotopic (exact) mass is 324 g/mol. The molecule has 5 nitrogen and oxygen atoms in total. The number of piperidine rings is 1. The highest BCUT2D eigenvalue weighted by Gasteiger charge is 2.44. The molecule has 1 spiro atoms. The first-order valence-electron chi connectivity index (χ1n) is 7.58. The third-order valence-corrected chi connectivity index (χ3v) is 4.44. The molecule has 2 aliphatic heterocycles. The van der Waals surface area contributed by atoms with Gasteiger partial charge in [-0.3, -0.25) is 0 Å². The Bertz CT molecular complexity index is 590. The number of rotatable bonds is 0. The Kier molecular flexibility index (Phi) is 3.71. The van der Waals surface area contributed by atoms with Crippen LogP contribution in [0.25, 0.3) is 0 Å². The van der Waals surface area contributed by atoms with E-state index in [1.165, 1.54) is 0 Å². The maximum Gasteiger partial charge on any atom is 0.410 e. The maximum absolute atomic E-state index is 12.1. The smallest absolute Gasteiger partial charge is 0.410 e. The molecule has 0 N–H and O–H groups in total. The summed E-state index contributed by atoms with van der Waals surface area (Å²) in [5.74, 6) is 0.825. The van der Waals surface area contributed by atoms with Crippen LogP contribution in [0.4, 0.5) is 4.79 Å². The minimum Gasteiger partial charge on any atom is -0.486 e. The minimum atomic E-state index is -0.467. The minimum absolute atomic E-state index is 0.252. The van der Waals surface area contributed by atoms with Crippen LogP contribution in [0.3, 0.4) is 0 Å². The van der Waals surface area contributed by atoms with Crippen LogP contribution in [0.2, 0.25) is 5.15 Å². The SMILES string of the molecule is CC(C)(C)OC(=O)N1CCC2(CC1)Cc1c(ccnc1Cl)O2. The molecular weight excluding hydrogens is 304 g/mol. The fraction of sp³-hybridized carbons (Fsp3) is 0.625. The van der Waals surface area contributed by atoms with Crippen molar-refractivity contribution < 1.29 is 14.3 Å². The summed E-state index contributed by atoms with van der Waals surface area (Å²) in [4.78, 5) is 18.0. The molecule has 120 valence electrons. The molecule has 3 rings (SSSR count). The van der Waals surface area contributed by atoms with Crippen LogP contribution in [-0.4, -0.2) is 40.3 Å². The van der Waals surface area contributed by atoms with E-state index in [1.54, 1.807) is 11.1 Å². The fourth-order valence-corrected chi connectivity index (χ4v) is 3.22. The van der Waals surface area contributed by atoms with Gasteiger partial charge in [0.25, 0.3) is 0 Å². The second kappa shape index (κ2) is 5.30. The summed E-state index contributed by atoms with van der Waals surface area (Å²) < 4.78 is 11.6. The van der Waals surface area contributed by atoms with Crippen molar-refractivity contribution in [3.05, 3.63) is 23.0 Å². The second-order valence-electron chi connectivity index (χ2n) is 7.01. The molecule has 0 aromatic carbocycles. The number of ether oxygens (including phenoxy) is 2. The van der Waals surface area contributed by atoms with E-state index in [4.69, 9.17) is 21.1 Å². The van der Waals surface area contributed by atoms with Gasteiger partial charge in [0.1, 0.15) is 22.1 Å². The third kappa shape index (κ3) is 3.00. The average Bonchev–Trinajstić information content (AvgIpc) is 2.77. The number of amides is 1. The van der Waals surface area contributed by atoms with Gasteiger partial charge in [-0.25, -0.2) is 9.78 Å². The lowest BCUT2D eigenvalue weighted by atomic mass is 9.87. The molecule has 1 amide bonds. The Hall–Kier alpha value is -1.49. The Morgan fingerprint density at radius 2 is 2.09 bits per heavy atom. The predicted octanol–water partition coefficient (Wildman–Crippen LogP) is 3.44. The summed E-state index contributed by atoms with van der Waals surface area (Å²) >= 11 is 6.15. The first-order chi connectivity index (χ1) is 10.3. The van der Waals surface area contributed by atoms with Crippen molar-refractivity contribution >= 4 is 17.7 Å². The van der Waals surface area contributed by atoms with E-state index in [-0.39, 0.29) is 11.7 Å². The Morgan fingerprint density at radius 1 is 1.41 bits per heavy atom. The second-order valence-corrected chi connectivity index (χ2v) is 7.37. The Morgan fingerprint density at radius 3 is 2.68 bits per heavy atom. The zero-order chi connectivity index (χ0) is 16.0. The van der Waals surface area contributed by atoms with Gasteiger partial charge >= 0.3 is 6.09 Å². The van der Waals surface area contributed by atoms with E-state index >= 15 is 0 Å². The van der Waals surface area contributed by atoms with Gasteiger partial charge in [-0.1, -0.05) is 11.6 Å². The Labute approximate surface area is 135 Å². The molecule has 0 atom stereocenters. The number of hydrogen-bond donors (Lipinski definition) is 0. The summed E-state index contributed by atoms with van der Waals surface area (Å²) in [6.07, 6.45) is 3.72. The van der Waals surface area contributed by atoms with Crippen LogP contribution in [0, 0.1) is 0 Å². The zero-order valence-corrected chi connectivity index (χ0v) is 13.9. The standard InChI is InChI=1S/C16H21ClN2O3/c1-15(2,3)22-14(20)19-8-5-16(6-9-19)10-11-12(21-16)4-7-18-13(11)17/h4,7H,5-6,8-10H2,1-3H3. The van der Waals surface area contributed by atoms with Crippen LogP contribution in [0.15, 0.2) is 12.3 Å². The number of pyridine rings is 1. The third-order valence-electron chi connectivity index (χ3n) is 4.11. The number of halogens is 1. The summed E-state index contributed by atoms with van der Waals surface area (Å²) in [5.41, 5.74) is 0.258. The number of likely N-dealkylation sites (tertiary alicyclic amines) is 1. The summed E-state index contributed by atoms with van der Waals surface area (Å²) in [6.45, 7) is 6.90. The van der Waals surface area contributed by atoms with E-state index in [9.17, 15) is 4.79 Å². The topological polar surface area (TPSA) is 51.7 Å². The first kappa shape index (κ1) is 15.4. The molecule has 0 unspecified atom stereocenters. The van der Waals surface area contributed by atoms with Crippen LogP contribution >= 0.6 is 11.6 Å². The summed E-state index contributed by atoms with van der Waals surface area (Å²) in [6, 6.07) is 1.86. The Balaban J connectivity index is 1.64. The fourth-order valence-electron chi connectivity index (χ4n) is 3.00. The molecule has 1 fully saturated rings. The highest BCUT2D eigenvalue weighted by Crippen LogP contribution is 2.43. The van der Waals surface area contributed by atoms with E-state index < -0.39 is 5.60 Å². The van der Waals surface area contributed by atoms with Gasteiger partial charge in [0.15, 0.2) is 0 Å². The van der Waals surface area contributed by atoms with E-state index in [1.807, 2.05) is 26.8 Å². The molecule has 2 aliphatic rings. The lowest BCUT2D eigenvalue weighted by Gasteiger charge is -2.39. The maximum atomic E-state index is 12.1. The van der Waals surface area contributed by atoms with Gasteiger partial charge in [0, 0.05) is 44.1 Å². The molecular formula is C16H21ClN2O3. The van der Waals surface area contributed by atoms with E-state index in [0.717, 1.165) is 30.6 Å². The van der Waals surface area contributed by atoms with Crippen molar-refractivity contribution in [2.45, 2.75) is 51.2 Å². The molecule has 1 saturated heterocycles. The molecule has 0 aliphatic carbocycles. The molecule has 0 bridgehead atoms. The highest BCUT2D eigenvalue weighted by molar-refractivity contribution is 6.30. The lowest BCUT2D eigenvalue weighted by Crippen LogP contribution is -2.50. The van der Waals surface area contributed by atoms with Crippen molar-refractivity contribution in [2.24, 2.45) is 0 Å². The van der Waals surface area contributed by atoms with Crippen molar-refractivity contribution in [1.29, 1.82) is 0 Å². The number of carbonyl (C=O) groups excluding carboxylic acids is 1. The van der Waals surface area contributed by atoms with Gasteiger partial charge in [0.05, 0.1) is 0 Å². The van der Waals surface area contributed by atoms with Gasteiger partial charge in [-0.2, -0.15) is 0 Å². The molecule has 1 aromatic rings. The normalized spacial score (nSPS) is 19.7. The van der Waals surface area contributed by atoms with Crippen LogP contribution < -0.4 is 4.74 Å². The van der Waals surface area contributed by atoms with Crippen molar-refractivity contribution in [3.8, 4) is 5.75 Å². The molecule has 0 radical (unpaired) electrons. The van der Waals surface area contributed by atoms with Crippen molar-refractivity contribution in [3.63, 3.8) is 0 Å². The summed E-state index contributed by atoms with van der Waals surface area (Å²) in [7, 11) is 0. The number of hydrogen-bond acceptors (Lipinski definition) is 4. The van der Waals surface area contributed by atoms with Crippen molar-refractivity contribution in [2.75, 3.05) is 13.1 Å². The largest absolute Gasteiger partial charge is 0.486 e. The van der Waals surface area contributed by atoms with E-state index in [0.29, 0.717) is 18.2 Å². The highest BCUT2D eigenvalue weighted by atomic mass is 35.5. The summed E-state index contributed by atoms with van der Waals surface area (Å²) in [5, 5.41) is 0.518. The van der Waals surface area contributed by atoms with Crippen molar-refractivity contribution in [1.82, 2.24) is 9.88 Å². The molecule has 22 heavy (non-hydrogen) atoms. The number of nitrogens with zero attached hydrogens (tertiary/aromatic N) is 2. The molecule has 1 aromatic heterocycles. The van der Waals surface area contributed by atoms with Gasteiger partial charge in [0.2, 0.25) is 0 Å². The van der Waals surface area contributed by atoms with E-state index in [2.05, 4.69) is 4.98 Å². The molecule has 3 heterocycles. The molecule has 6 heteroatoms. The van der Waals surface area contributed by atoms with Crippen LogP contribution in [0.1, 0.15) is 39.2 Å². The number of fused-ring (bicyclic) bond motifs is 1. The van der Waals surface area contributed by atoms with Gasteiger partial charge in [-0.05, 0) is 26.8 Å². The van der Waals surface area contributed by atoms with Gasteiger partial charge in [-0.15, -0.1) is 0 Å². The number of carbonyl (C=O) groups is 1. The quantitative estimate of drug-likeness (QED) is 0.686. The predicted molar refractivity (Wildman–Crippen MR) is 83.4 cm³/mol. The molecule has 0 saturated carbocycles. The average molecular weight is 325 g/mol. The van der Waals surface area contributed by atoms with Crippen LogP contribution in [0.5, 0.6) is 5.75 Å². The first-order valence-corrected chi connectivity index (χ1v) is 7.96. The lowest BCUT2D eigenvalue weighted by molar-refractivity contribution is -0.00887. The van der Waals surface area contributed by atoms with Crippen LogP contribution in [-0.2, 0) is 11.2 Å². The van der Waals surface area contributed by atoms with Gasteiger partial charge < -0.3 is 14.4 Å².